The van der Waals surface area contributed by atoms with Gasteiger partial charge in [-0.15, -0.1) is 0 Å². The fraction of sp³-hybridized carbons (Fsp3) is 0.500. The third kappa shape index (κ3) is 3.26. The van der Waals surface area contributed by atoms with Gasteiger partial charge in [0.25, 0.3) is 5.91 Å². The average molecular weight is 505 g/mol. The quantitative estimate of drug-likeness (QED) is 0.465. The first-order chi connectivity index (χ1) is 9.43. The Hall–Kier alpha value is 0.0100. The second kappa shape index (κ2) is 6.85. The molecule has 0 unspecified atom stereocenters. The first-order valence-electron chi connectivity index (χ1n) is 6.57. The van der Waals surface area contributed by atoms with Crippen LogP contribution >= 0.6 is 45.2 Å². The molecule has 0 radical (unpaired) electrons. The minimum Gasteiger partial charge on any atom is -0.349 e. The fourth-order valence-corrected chi connectivity index (χ4v) is 3.84. The van der Waals surface area contributed by atoms with Gasteiger partial charge in [0.15, 0.2) is 11.6 Å². The summed E-state index contributed by atoms with van der Waals surface area (Å²) in [5.41, 5.74) is 0.0883. The smallest absolute Gasteiger partial charge is 0.255 e. The minimum absolute atomic E-state index is 0.0773. The SMILES string of the molecule is Cc1c(F)c(F)c(C(=O)NC2CCCCC2)c(I)c1I. The first kappa shape index (κ1) is 16.4. The van der Waals surface area contributed by atoms with E-state index in [0.29, 0.717) is 7.14 Å². The van der Waals surface area contributed by atoms with E-state index in [1.807, 2.05) is 45.2 Å². The van der Waals surface area contributed by atoms with Crippen molar-refractivity contribution in [1.29, 1.82) is 0 Å². The van der Waals surface area contributed by atoms with Crippen molar-refractivity contribution in [2.45, 2.75) is 45.1 Å². The van der Waals surface area contributed by atoms with Gasteiger partial charge in [0.2, 0.25) is 0 Å². The van der Waals surface area contributed by atoms with Crippen LogP contribution in [0.1, 0.15) is 48.0 Å². The highest BCUT2D eigenvalue weighted by atomic mass is 127. The van der Waals surface area contributed by atoms with Crippen LogP contribution in [0.15, 0.2) is 0 Å². The molecular weight excluding hydrogens is 490 g/mol. The third-order valence-corrected chi connectivity index (χ3v) is 7.11. The summed E-state index contributed by atoms with van der Waals surface area (Å²) in [6.45, 7) is 1.52. The molecule has 0 aliphatic heterocycles. The number of hydrogen-bond acceptors (Lipinski definition) is 1. The van der Waals surface area contributed by atoms with Gasteiger partial charge in [0.1, 0.15) is 0 Å². The van der Waals surface area contributed by atoms with Crippen LogP contribution in [0, 0.1) is 25.7 Å². The number of benzene rings is 1. The summed E-state index contributed by atoms with van der Waals surface area (Å²) in [7, 11) is 0. The van der Waals surface area contributed by atoms with Gasteiger partial charge in [-0.3, -0.25) is 4.79 Å². The summed E-state index contributed by atoms with van der Waals surface area (Å²) in [6.07, 6.45) is 5.15. The second-order valence-corrected chi connectivity index (χ2v) is 7.22. The third-order valence-electron chi connectivity index (χ3n) is 3.65. The summed E-state index contributed by atoms with van der Waals surface area (Å²) in [4.78, 5) is 12.2. The molecule has 20 heavy (non-hydrogen) atoms. The molecule has 0 spiro atoms. The molecule has 1 N–H and O–H groups in total. The van der Waals surface area contributed by atoms with Crippen molar-refractivity contribution in [2.24, 2.45) is 0 Å². The molecule has 1 amide bonds. The lowest BCUT2D eigenvalue weighted by Gasteiger charge is -2.23. The van der Waals surface area contributed by atoms with Gasteiger partial charge in [-0.25, -0.2) is 8.78 Å². The number of halogens is 4. The molecule has 1 saturated carbocycles. The Bertz CT molecular complexity index is 513. The van der Waals surface area contributed by atoms with Gasteiger partial charge >= 0.3 is 0 Å². The van der Waals surface area contributed by atoms with Gasteiger partial charge < -0.3 is 5.32 Å². The summed E-state index contributed by atoms with van der Waals surface area (Å²) in [5.74, 6) is -2.47. The van der Waals surface area contributed by atoms with Crippen molar-refractivity contribution in [2.75, 3.05) is 0 Å². The average Bonchev–Trinajstić information content (AvgIpc) is 2.44. The number of amides is 1. The van der Waals surface area contributed by atoms with Crippen molar-refractivity contribution in [3.63, 3.8) is 0 Å². The van der Waals surface area contributed by atoms with Crippen LogP contribution in [-0.2, 0) is 0 Å². The van der Waals surface area contributed by atoms with E-state index in [-0.39, 0.29) is 17.2 Å². The van der Waals surface area contributed by atoms with E-state index in [1.54, 1.807) is 0 Å². The van der Waals surface area contributed by atoms with Gasteiger partial charge in [-0.2, -0.15) is 0 Å². The molecule has 6 heteroatoms. The van der Waals surface area contributed by atoms with Gasteiger partial charge in [-0.05, 0) is 64.9 Å². The predicted molar refractivity (Wildman–Crippen MR) is 90.9 cm³/mol. The zero-order chi connectivity index (χ0) is 14.9. The van der Waals surface area contributed by atoms with Crippen LogP contribution < -0.4 is 5.32 Å². The van der Waals surface area contributed by atoms with Crippen molar-refractivity contribution in [1.82, 2.24) is 5.32 Å². The Kier molecular flexibility index (Phi) is 5.61. The molecule has 2 nitrogen and oxygen atoms in total. The molecule has 1 fully saturated rings. The fourth-order valence-electron chi connectivity index (χ4n) is 2.45. The van der Waals surface area contributed by atoms with Crippen molar-refractivity contribution in [3.05, 3.63) is 29.9 Å². The first-order valence-corrected chi connectivity index (χ1v) is 8.72. The number of carbonyl (C=O) groups is 1. The zero-order valence-electron chi connectivity index (χ0n) is 11.0. The number of nitrogens with one attached hydrogen (secondary N) is 1. The van der Waals surface area contributed by atoms with E-state index in [0.717, 1.165) is 25.7 Å². The standard InChI is InChI=1S/C14H15F2I2NO/c1-7-10(15)11(16)9(13(18)12(7)17)14(20)19-8-5-3-2-4-6-8/h8H,2-6H2,1H3,(H,19,20). The Morgan fingerprint density at radius 3 is 2.30 bits per heavy atom. The van der Waals surface area contributed by atoms with Crippen LogP contribution in [-0.4, -0.2) is 11.9 Å². The molecule has 1 aliphatic carbocycles. The number of rotatable bonds is 2. The lowest BCUT2D eigenvalue weighted by atomic mass is 9.95. The lowest BCUT2D eigenvalue weighted by Crippen LogP contribution is -2.37. The maximum absolute atomic E-state index is 14.1. The summed E-state index contributed by atoms with van der Waals surface area (Å²) in [6, 6.07) is 0.0773. The largest absolute Gasteiger partial charge is 0.349 e. The Morgan fingerprint density at radius 1 is 1.10 bits per heavy atom. The summed E-state index contributed by atoms with van der Waals surface area (Å²) in [5, 5.41) is 2.84. The lowest BCUT2D eigenvalue weighted by molar-refractivity contribution is 0.0921. The molecule has 0 heterocycles. The molecule has 0 bridgehead atoms. The maximum atomic E-state index is 14.1. The molecule has 0 saturated heterocycles. The number of carbonyl (C=O) groups excluding carboxylic acids is 1. The maximum Gasteiger partial charge on any atom is 0.255 e. The highest BCUT2D eigenvalue weighted by Gasteiger charge is 2.26. The molecular formula is C14H15F2I2NO. The van der Waals surface area contributed by atoms with E-state index in [9.17, 15) is 13.6 Å². The molecule has 0 aromatic heterocycles. The summed E-state index contributed by atoms with van der Waals surface area (Å²) >= 11 is 3.85. The van der Waals surface area contributed by atoms with E-state index in [2.05, 4.69) is 5.32 Å². The van der Waals surface area contributed by atoms with Gasteiger partial charge in [0.05, 0.1) is 5.56 Å². The Morgan fingerprint density at radius 2 is 1.70 bits per heavy atom. The highest BCUT2D eigenvalue weighted by Crippen LogP contribution is 2.29. The molecule has 1 aliphatic rings. The van der Waals surface area contributed by atoms with E-state index < -0.39 is 17.5 Å². The van der Waals surface area contributed by atoms with Crippen molar-refractivity contribution in [3.8, 4) is 0 Å². The molecule has 1 aromatic rings. The highest BCUT2D eigenvalue weighted by molar-refractivity contribution is 14.1. The van der Waals surface area contributed by atoms with Crippen LogP contribution in [0.2, 0.25) is 0 Å². The van der Waals surface area contributed by atoms with E-state index in [1.165, 1.54) is 13.3 Å². The van der Waals surface area contributed by atoms with E-state index in [4.69, 9.17) is 0 Å². The van der Waals surface area contributed by atoms with Crippen LogP contribution in [0.3, 0.4) is 0 Å². The topological polar surface area (TPSA) is 29.1 Å². The molecule has 110 valence electrons. The minimum atomic E-state index is -1.04. The molecule has 0 atom stereocenters. The summed E-state index contributed by atoms with van der Waals surface area (Å²) < 4.78 is 28.9. The number of hydrogen-bond donors (Lipinski definition) is 1. The predicted octanol–water partition coefficient (Wildman–Crippen LogP) is 4.54. The van der Waals surface area contributed by atoms with Gasteiger partial charge in [-0.1, -0.05) is 19.3 Å². The Balaban J connectivity index is 2.30. The Labute approximate surface area is 144 Å². The van der Waals surface area contributed by atoms with Crippen LogP contribution in [0.4, 0.5) is 8.78 Å². The molecule has 1 aromatic carbocycles. The van der Waals surface area contributed by atoms with E-state index >= 15 is 0 Å². The van der Waals surface area contributed by atoms with Crippen LogP contribution in [0.5, 0.6) is 0 Å². The monoisotopic (exact) mass is 505 g/mol. The van der Waals surface area contributed by atoms with Gasteiger partial charge in [0, 0.05) is 18.7 Å². The normalized spacial score (nSPS) is 16.2. The zero-order valence-corrected chi connectivity index (χ0v) is 15.3. The van der Waals surface area contributed by atoms with Crippen LogP contribution in [0.25, 0.3) is 0 Å². The second-order valence-electron chi connectivity index (χ2n) is 5.06. The molecule has 2 rings (SSSR count). The van der Waals surface area contributed by atoms with Crippen molar-refractivity contribution < 1.29 is 13.6 Å². The van der Waals surface area contributed by atoms with Crippen molar-refractivity contribution >= 4 is 51.1 Å².